The quantitative estimate of drug-likeness (QED) is 0.0400. The van der Waals surface area contributed by atoms with Crippen LogP contribution in [0.15, 0.2) is 0 Å². The van der Waals surface area contributed by atoms with Gasteiger partial charge in [-0.1, -0.05) is 79.1 Å². The van der Waals surface area contributed by atoms with Gasteiger partial charge < -0.3 is 10.6 Å². The van der Waals surface area contributed by atoms with Crippen LogP contribution < -0.4 is 37.8 Å². The van der Waals surface area contributed by atoms with Gasteiger partial charge >= 0.3 is 5.96 Å². The van der Waals surface area contributed by atoms with Crippen LogP contribution in [0.25, 0.3) is 0 Å². The molecule has 2 amide bonds. The molecule has 0 saturated heterocycles. The predicted molar refractivity (Wildman–Crippen MR) is 184 cm³/mol. The molecule has 0 aromatic heterocycles. The first-order valence-electron chi connectivity index (χ1n) is 17.6. The topological polar surface area (TPSA) is 198 Å². The average Bonchev–Trinajstić information content (AvgIpc) is 2.99. The maximum absolute atomic E-state index is 12.1. The number of Topliss-reactive ketones (excluding diaryl/α,β-unsaturated/α-hetero) is 2. The highest BCUT2D eigenvalue weighted by Gasteiger charge is 2.20. The number of ketones is 2. The summed E-state index contributed by atoms with van der Waals surface area (Å²) in [5.41, 5.74) is 16.2. The van der Waals surface area contributed by atoms with Crippen molar-refractivity contribution < 1.29 is 29.2 Å². The molecule has 45 heavy (non-hydrogen) atoms. The van der Waals surface area contributed by atoms with Gasteiger partial charge in [0, 0.05) is 32.6 Å². The van der Waals surface area contributed by atoms with Gasteiger partial charge in [-0.3, -0.25) is 46.4 Å². The van der Waals surface area contributed by atoms with Crippen LogP contribution in [0.1, 0.15) is 157 Å². The minimum Gasteiger partial charge on any atom is -0.346 e. The second-order valence-electron chi connectivity index (χ2n) is 11.9. The van der Waals surface area contributed by atoms with E-state index in [4.69, 9.17) is 17.2 Å². The van der Waals surface area contributed by atoms with Crippen LogP contribution in [-0.2, 0) is 19.2 Å². The van der Waals surface area contributed by atoms with Crippen molar-refractivity contribution in [3.05, 3.63) is 0 Å². The number of rotatable bonds is 27. The van der Waals surface area contributed by atoms with Crippen LogP contribution in [0.5, 0.6) is 0 Å². The van der Waals surface area contributed by atoms with Crippen LogP contribution in [0.4, 0.5) is 0 Å². The zero-order valence-corrected chi connectivity index (χ0v) is 29.4. The Bertz CT molecular complexity index is 853. The van der Waals surface area contributed by atoms with Crippen molar-refractivity contribution in [2.75, 3.05) is 13.1 Å². The van der Waals surface area contributed by atoms with Crippen LogP contribution in [0.2, 0.25) is 0 Å². The first-order chi connectivity index (χ1) is 21.5. The Morgan fingerprint density at radius 2 is 1.00 bits per heavy atom. The van der Waals surface area contributed by atoms with Crippen LogP contribution in [-0.4, -0.2) is 60.3 Å². The second-order valence-corrected chi connectivity index (χ2v) is 11.9. The Labute approximate surface area is 273 Å². The Morgan fingerprint density at radius 1 is 0.556 bits per heavy atom. The van der Waals surface area contributed by atoms with E-state index in [1.807, 2.05) is 13.8 Å². The zero-order chi connectivity index (χ0) is 34.3. The number of hydrogen-bond donors (Lipinski definition) is 7. The van der Waals surface area contributed by atoms with Crippen molar-refractivity contribution in [1.29, 1.82) is 0 Å². The zero-order valence-electron chi connectivity index (χ0n) is 29.4. The molecule has 0 radical (unpaired) electrons. The Hall–Kier alpha value is -2.98. The lowest BCUT2D eigenvalue weighted by Gasteiger charge is -2.17. The molecule has 0 aliphatic rings. The number of amides is 2. The molecule has 0 aliphatic carbocycles. The number of hydrogen-bond acceptors (Lipinski definition) is 4. The van der Waals surface area contributed by atoms with Crippen molar-refractivity contribution >= 4 is 35.2 Å². The molecule has 11 nitrogen and oxygen atoms in total. The fourth-order valence-corrected chi connectivity index (χ4v) is 4.74. The first kappa shape index (κ1) is 44.1. The minimum absolute atomic E-state index is 0.00201. The van der Waals surface area contributed by atoms with E-state index in [9.17, 15) is 19.2 Å². The van der Waals surface area contributed by atoms with Crippen LogP contribution in [0, 0.1) is 0 Å². The largest absolute Gasteiger partial charge is 0.346 e. The van der Waals surface area contributed by atoms with Gasteiger partial charge in [0.1, 0.15) is 0 Å². The fourth-order valence-electron chi connectivity index (χ4n) is 4.74. The third-order valence-corrected chi connectivity index (χ3v) is 7.38. The summed E-state index contributed by atoms with van der Waals surface area (Å²) in [5, 5.41) is 5.79. The van der Waals surface area contributed by atoms with Gasteiger partial charge in [0.25, 0.3) is 0 Å². The predicted octanol–water partition coefficient (Wildman–Crippen LogP) is 1.38. The maximum atomic E-state index is 12.1. The molecular formula is C34H69N7O4+2. The highest BCUT2D eigenvalue weighted by Crippen LogP contribution is 2.08. The molecule has 0 fully saturated rings. The van der Waals surface area contributed by atoms with E-state index in [2.05, 4.69) is 34.5 Å². The summed E-state index contributed by atoms with van der Waals surface area (Å²) in [6.45, 7) is 11.3. The SMILES string of the molecule is CCCCCCCC(=O)NC(CCC[NH+]=C(C)N)C(=O)CC.CCCCCCCC(=O)NC(CCC[NH+]=C(N)N)C(=O)CCC. The van der Waals surface area contributed by atoms with Crippen molar-refractivity contribution in [2.24, 2.45) is 17.2 Å². The summed E-state index contributed by atoms with van der Waals surface area (Å²) in [5.74, 6) is 1.04. The molecule has 2 unspecified atom stereocenters. The second kappa shape index (κ2) is 31.0. The molecule has 2 atom stereocenters. The summed E-state index contributed by atoms with van der Waals surface area (Å²) in [6.07, 6.45) is 16.7. The van der Waals surface area contributed by atoms with Gasteiger partial charge in [-0.15, -0.1) is 0 Å². The number of carbonyl (C=O) groups excluding carboxylic acids is 4. The van der Waals surface area contributed by atoms with Crippen LogP contribution >= 0.6 is 0 Å². The van der Waals surface area contributed by atoms with E-state index < -0.39 is 0 Å². The van der Waals surface area contributed by atoms with Gasteiger partial charge in [0.05, 0.1) is 25.2 Å². The van der Waals surface area contributed by atoms with Gasteiger partial charge in [0.2, 0.25) is 17.6 Å². The highest BCUT2D eigenvalue weighted by molar-refractivity contribution is 5.89. The monoisotopic (exact) mass is 640 g/mol. The third kappa shape index (κ3) is 29.5. The lowest BCUT2D eigenvalue weighted by atomic mass is 10.0. The molecule has 0 rings (SSSR count). The summed E-state index contributed by atoms with van der Waals surface area (Å²) in [4.78, 5) is 53.9. The summed E-state index contributed by atoms with van der Waals surface area (Å²) in [6, 6.07) is -0.744. The van der Waals surface area contributed by atoms with E-state index in [1.165, 1.54) is 38.5 Å². The summed E-state index contributed by atoms with van der Waals surface area (Å²) < 4.78 is 0. The normalized spacial score (nSPS) is 12.3. The Kier molecular flexibility index (Phi) is 30.4. The molecule has 11 heteroatoms. The van der Waals surface area contributed by atoms with E-state index in [0.717, 1.165) is 51.5 Å². The standard InChI is InChI=1S/C17H34N4O2.C17H33N3O2/c1-3-5-6-7-8-12-16(23)21-14(15(22)10-4-2)11-9-13-20-17(18)19;1-4-6-7-8-9-12-17(22)20-15(16(21)5-2)11-10-13-19-14(3)18/h14H,3-13H2,1-2H3,(H,21,23)(H4,18,19,20);15H,4-13H2,1-3H3,(H2,18,19)(H,20,22)/p+2. The molecule has 0 saturated carbocycles. The number of guanidine groups is 1. The number of nitrogens with one attached hydrogen (secondary N) is 4. The lowest BCUT2D eigenvalue weighted by molar-refractivity contribution is -0.460. The van der Waals surface area contributed by atoms with E-state index in [1.54, 1.807) is 6.92 Å². The minimum atomic E-state index is -0.390. The third-order valence-electron chi connectivity index (χ3n) is 7.38. The molecule has 0 aliphatic heterocycles. The molecule has 0 aromatic rings. The summed E-state index contributed by atoms with van der Waals surface area (Å²) >= 11 is 0. The van der Waals surface area contributed by atoms with Crippen molar-refractivity contribution in [1.82, 2.24) is 10.6 Å². The van der Waals surface area contributed by atoms with E-state index in [-0.39, 0.29) is 41.4 Å². The maximum Gasteiger partial charge on any atom is 0.338 e. The van der Waals surface area contributed by atoms with Crippen molar-refractivity contribution in [2.45, 2.75) is 169 Å². The molecule has 0 aromatic carbocycles. The number of carbonyl (C=O) groups is 4. The van der Waals surface area contributed by atoms with Crippen molar-refractivity contribution in [3.63, 3.8) is 0 Å². The molecule has 262 valence electrons. The fraction of sp³-hybridized carbons (Fsp3) is 0.824. The van der Waals surface area contributed by atoms with Crippen molar-refractivity contribution in [3.8, 4) is 0 Å². The number of nitrogens with two attached hydrogens (primary N) is 3. The van der Waals surface area contributed by atoms with E-state index in [0.29, 0.717) is 50.9 Å². The smallest absolute Gasteiger partial charge is 0.338 e. The first-order valence-corrected chi connectivity index (χ1v) is 17.6. The Morgan fingerprint density at radius 3 is 1.40 bits per heavy atom. The summed E-state index contributed by atoms with van der Waals surface area (Å²) in [7, 11) is 0. The number of amidine groups is 1. The average molecular weight is 640 g/mol. The van der Waals surface area contributed by atoms with Gasteiger partial charge in [0.15, 0.2) is 11.6 Å². The van der Waals surface area contributed by atoms with Gasteiger partial charge in [-0.2, -0.15) is 0 Å². The lowest BCUT2D eigenvalue weighted by Crippen LogP contribution is -2.78. The molecule has 0 spiro atoms. The molecule has 10 N–H and O–H groups in total. The molecule has 0 heterocycles. The molecule has 0 bridgehead atoms. The number of unbranched alkanes of at least 4 members (excludes halogenated alkanes) is 8. The Balaban J connectivity index is 0. The van der Waals surface area contributed by atoms with Gasteiger partial charge in [-0.05, 0) is 44.9 Å². The van der Waals surface area contributed by atoms with E-state index >= 15 is 0 Å². The highest BCUT2D eigenvalue weighted by atomic mass is 16.2. The van der Waals surface area contributed by atoms with Gasteiger partial charge in [-0.25, -0.2) is 0 Å². The molecular weight excluding hydrogens is 570 g/mol. The van der Waals surface area contributed by atoms with Crippen LogP contribution in [0.3, 0.4) is 0 Å².